The Morgan fingerprint density at radius 3 is 2.94 bits per heavy atom. The van der Waals surface area contributed by atoms with Crippen molar-refractivity contribution in [3.63, 3.8) is 0 Å². The summed E-state index contributed by atoms with van der Waals surface area (Å²) in [6, 6.07) is 9.30. The van der Waals surface area contributed by atoms with Gasteiger partial charge in [0.05, 0.1) is 11.3 Å². The third kappa shape index (κ3) is 2.58. The zero-order valence-electron chi connectivity index (χ0n) is 9.54. The summed E-state index contributed by atoms with van der Waals surface area (Å²) in [6.07, 6.45) is 0. The number of nitriles is 1. The first-order valence-corrected chi connectivity index (χ1v) is 6.40. The second-order valence-corrected chi connectivity index (χ2v) is 5.32. The van der Waals surface area contributed by atoms with Crippen LogP contribution in [0.25, 0.3) is 11.4 Å². The van der Waals surface area contributed by atoms with E-state index in [0.717, 1.165) is 5.56 Å². The van der Waals surface area contributed by atoms with Crippen molar-refractivity contribution in [1.29, 1.82) is 5.26 Å². The molecule has 2 aromatic rings. The van der Waals surface area contributed by atoms with Crippen LogP contribution in [0.3, 0.4) is 0 Å². The van der Waals surface area contributed by atoms with E-state index in [-0.39, 0.29) is 5.25 Å². The molecule has 2 rings (SSSR count). The molecule has 92 valence electrons. The molecule has 0 aliphatic rings. The Bertz CT molecular complexity index is 604. The van der Waals surface area contributed by atoms with Crippen molar-refractivity contribution in [3.05, 3.63) is 29.3 Å². The van der Waals surface area contributed by atoms with Crippen LogP contribution < -0.4 is 5.84 Å². The number of nitrogens with zero attached hydrogens (tertiary/aromatic N) is 4. The van der Waals surface area contributed by atoms with Crippen molar-refractivity contribution in [1.82, 2.24) is 14.9 Å². The van der Waals surface area contributed by atoms with Crippen LogP contribution in [-0.4, -0.2) is 20.1 Å². The normalized spacial score (nSPS) is 12.1. The van der Waals surface area contributed by atoms with Crippen molar-refractivity contribution in [2.75, 3.05) is 5.84 Å². The summed E-state index contributed by atoms with van der Waals surface area (Å²) in [4.78, 5) is 0. The van der Waals surface area contributed by atoms with Gasteiger partial charge in [0.15, 0.2) is 5.82 Å². The van der Waals surface area contributed by atoms with Crippen molar-refractivity contribution >= 4 is 23.4 Å². The maximum absolute atomic E-state index is 8.76. The predicted molar refractivity (Wildman–Crippen MR) is 71.6 cm³/mol. The molecule has 5 nitrogen and oxygen atoms in total. The first kappa shape index (κ1) is 12.7. The number of nitrogens with two attached hydrogens (primary N) is 1. The Kier molecular flexibility index (Phi) is 3.75. The Balaban J connectivity index is 2.34. The third-order valence-corrected chi connectivity index (χ3v) is 3.39. The van der Waals surface area contributed by atoms with E-state index >= 15 is 0 Å². The van der Waals surface area contributed by atoms with Crippen molar-refractivity contribution in [3.8, 4) is 17.5 Å². The minimum Gasteiger partial charge on any atom is -0.335 e. The zero-order valence-corrected chi connectivity index (χ0v) is 11.1. The van der Waals surface area contributed by atoms with Crippen molar-refractivity contribution in [2.24, 2.45) is 0 Å². The highest BCUT2D eigenvalue weighted by Gasteiger charge is 2.14. The zero-order chi connectivity index (χ0) is 13.1. The summed E-state index contributed by atoms with van der Waals surface area (Å²) >= 11 is 7.17. The lowest BCUT2D eigenvalue weighted by Gasteiger charge is -2.04. The van der Waals surface area contributed by atoms with Gasteiger partial charge in [0, 0.05) is 10.6 Å². The molecule has 1 aromatic heterocycles. The second kappa shape index (κ2) is 5.29. The quantitative estimate of drug-likeness (QED) is 0.689. The number of nitrogen functional groups attached to an aromatic ring is 1. The number of thioether (sulfide) groups is 1. The summed E-state index contributed by atoms with van der Waals surface area (Å²) in [6.45, 7) is 1.78. The van der Waals surface area contributed by atoms with Gasteiger partial charge >= 0.3 is 0 Å². The molecule has 0 radical (unpaired) electrons. The van der Waals surface area contributed by atoms with Crippen LogP contribution in [0.5, 0.6) is 0 Å². The van der Waals surface area contributed by atoms with Crippen LogP contribution in [0.15, 0.2) is 29.4 Å². The lowest BCUT2D eigenvalue weighted by atomic mass is 10.2. The van der Waals surface area contributed by atoms with E-state index in [4.69, 9.17) is 22.7 Å². The second-order valence-electron chi connectivity index (χ2n) is 3.58. The van der Waals surface area contributed by atoms with Crippen molar-refractivity contribution < 1.29 is 0 Å². The first-order valence-electron chi connectivity index (χ1n) is 5.14. The molecule has 0 spiro atoms. The number of hydrogen-bond donors (Lipinski definition) is 1. The van der Waals surface area contributed by atoms with Crippen LogP contribution >= 0.6 is 23.4 Å². The maximum Gasteiger partial charge on any atom is 0.211 e. The maximum atomic E-state index is 8.76. The molecule has 18 heavy (non-hydrogen) atoms. The van der Waals surface area contributed by atoms with Gasteiger partial charge in [0.1, 0.15) is 0 Å². The predicted octanol–water partition coefficient (Wildman–Crippen LogP) is 2.32. The number of hydrogen-bond acceptors (Lipinski definition) is 5. The topological polar surface area (TPSA) is 80.5 Å². The van der Waals surface area contributed by atoms with Gasteiger partial charge in [-0.2, -0.15) is 5.26 Å². The van der Waals surface area contributed by atoms with E-state index in [1.54, 1.807) is 19.1 Å². The van der Waals surface area contributed by atoms with Gasteiger partial charge in [-0.05, 0) is 19.1 Å². The summed E-state index contributed by atoms with van der Waals surface area (Å²) < 4.78 is 1.37. The van der Waals surface area contributed by atoms with E-state index in [1.807, 2.05) is 12.1 Å². The molecule has 0 saturated carbocycles. The summed E-state index contributed by atoms with van der Waals surface area (Å²) in [5.41, 5.74) is 0.786. The summed E-state index contributed by atoms with van der Waals surface area (Å²) in [7, 11) is 0. The highest BCUT2D eigenvalue weighted by molar-refractivity contribution is 8.00. The Morgan fingerprint density at radius 2 is 2.28 bits per heavy atom. The average Bonchev–Trinajstić information content (AvgIpc) is 2.71. The molecule has 1 heterocycles. The summed E-state index contributed by atoms with van der Waals surface area (Å²) in [5, 5.41) is 17.6. The monoisotopic (exact) mass is 279 g/mol. The van der Waals surface area contributed by atoms with E-state index in [0.29, 0.717) is 16.0 Å². The fraction of sp³-hybridized carbons (Fsp3) is 0.182. The van der Waals surface area contributed by atoms with Gasteiger partial charge in [-0.25, -0.2) is 4.68 Å². The van der Waals surface area contributed by atoms with E-state index in [2.05, 4.69) is 16.3 Å². The van der Waals surface area contributed by atoms with Crippen LogP contribution in [0.2, 0.25) is 5.02 Å². The number of aromatic nitrogens is 3. The lowest BCUT2D eigenvalue weighted by Crippen LogP contribution is -2.12. The third-order valence-electron chi connectivity index (χ3n) is 2.21. The molecule has 0 bridgehead atoms. The van der Waals surface area contributed by atoms with E-state index in [1.165, 1.54) is 16.4 Å². The molecule has 0 unspecified atom stereocenters. The molecule has 2 N–H and O–H groups in total. The first-order chi connectivity index (χ1) is 8.61. The Morgan fingerprint density at radius 1 is 1.50 bits per heavy atom. The molecule has 0 saturated heterocycles. The molecule has 1 aromatic carbocycles. The average molecular weight is 280 g/mol. The van der Waals surface area contributed by atoms with Crippen LogP contribution in [-0.2, 0) is 0 Å². The molecule has 1 atom stereocenters. The molecule has 0 aliphatic carbocycles. The highest BCUT2D eigenvalue weighted by atomic mass is 35.5. The van der Waals surface area contributed by atoms with Gasteiger partial charge in [0.2, 0.25) is 5.16 Å². The molecule has 0 amide bonds. The van der Waals surface area contributed by atoms with Gasteiger partial charge in [-0.15, -0.1) is 10.2 Å². The van der Waals surface area contributed by atoms with E-state index in [9.17, 15) is 0 Å². The molecular formula is C11H10ClN5S. The van der Waals surface area contributed by atoms with Gasteiger partial charge in [-0.1, -0.05) is 35.5 Å². The summed E-state index contributed by atoms with van der Waals surface area (Å²) in [5.74, 6) is 6.43. The van der Waals surface area contributed by atoms with Gasteiger partial charge < -0.3 is 5.84 Å². The Labute approximate surface area is 114 Å². The SMILES string of the molecule is C[C@H](C#N)Sc1nnc(-c2cccc(Cl)c2)n1N. The fourth-order valence-corrected chi connectivity index (χ4v) is 2.21. The van der Waals surface area contributed by atoms with Gasteiger partial charge in [-0.3, -0.25) is 0 Å². The fourth-order valence-electron chi connectivity index (χ4n) is 1.37. The minimum absolute atomic E-state index is 0.233. The standard InChI is InChI=1S/C11H10ClN5S/c1-7(6-13)18-11-16-15-10(17(11)14)8-3-2-4-9(12)5-8/h2-5,7H,14H2,1H3/t7-/m1/s1. The lowest BCUT2D eigenvalue weighted by molar-refractivity contribution is 0.848. The van der Waals surface area contributed by atoms with Crippen LogP contribution in [0.1, 0.15) is 6.92 Å². The molecule has 0 fully saturated rings. The molecule has 0 aliphatic heterocycles. The molecular weight excluding hydrogens is 270 g/mol. The molecule has 7 heteroatoms. The number of rotatable bonds is 3. The Hall–Kier alpha value is -1.71. The van der Waals surface area contributed by atoms with E-state index < -0.39 is 0 Å². The van der Waals surface area contributed by atoms with Gasteiger partial charge in [0.25, 0.3) is 0 Å². The van der Waals surface area contributed by atoms with Crippen LogP contribution in [0.4, 0.5) is 0 Å². The van der Waals surface area contributed by atoms with Crippen LogP contribution in [0, 0.1) is 11.3 Å². The number of benzene rings is 1. The largest absolute Gasteiger partial charge is 0.335 e. The van der Waals surface area contributed by atoms with Crippen molar-refractivity contribution in [2.45, 2.75) is 17.3 Å². The minimum atomic E-state index is -0.233. The smallest absolute Gasteiger partial charge is 0.211 e. The highest BCUT2D eigenvalue weighted by Crippen LogP contribution is 2.25. The number of halogens is 1.